The molecule has 0 aliphatic heterocycles. The van der Waals surface area contributed by atoms with Crippen molar-refractivity contribution in [3.63, 3.8) is 0 Å². The van der Waals surface area contributed by atoms with Crippen molar-refractivity contribution >= 4 is 42.3 Å². The fraction of sp³-hybridized carbons (Fsp3) is 0. The number of fused-ring (bicyclic) bond motifs is 5. The van der Waals surface area contributed by atoms with Crippen LogP contribution in [-0.4, -0.2) is 15.0 Å². The molecule has 0 amide bonds. The van der Waals surface area contributed by atoms with Crippen molar-refractivity contribution in [3.05, 3.63) is 164 Å². The molecule has 7 aromatic carbocycles. The zero-order valence-electron chi connectivity index (χ0n) is 25.3. The van der Waals surface area contributed by atoms with Crippen molar-refractivity contribution in [1.29, 1.82) is 0 Å². The van der Waals surface area contributed by atoms with Gasteiger partial charge in [0, 0.05) is 42.2 Å². The van der Waals surface area contributed by atoms with Gasteiger partial charge in [0.15, 0.2) is 17.5 Å². The molecule has 2 aromatic heterocycles. The summed E-state index contributed by atoms with van der Waals surface area (Å²) in [6.07, 6.45) is 0. The van der Waals surface area contributed by atoms with Crippen molar-refractivity contribution in [3.8, 4) is 56.4 Å². The number of nitrogens with zero attached hydrogens (tertiary/aromatic N) is 3. The Bertz CT molecular complexity index is 2550. The van der Waals surface area contributed by atoms with E-state index in [2.05, 4.69) is 127 Å². The van der Waals surface area contributed by atoms with Crippen LogP contribution >= 0.6 is 11.3 Å². The van der Waals surface area contributed by atoms with Crippen LogP contribution < -0.4 is 0 Å². The van der Waals surface area contributed by atoms with Gasteiger partial charge >= 0.3 is 0 Å². The highest BCUT2D eigenvalue weighted by molar-refractivity contribution is 7.26. The molecule has 9 rings (SSSR count). The van der Waals surface area contributed by atoms with Crippen LogP contribution in [0.3, 0.4) is 0 Å². The Morgan fingerprint density at radius 1 is 0.319 bits per heavy atom. The van der Waals surface area contributed by atoms with Gasteiger partial charge in [0.2, 0.25) is 0 Å². The standard InChI is InChI=1S/C43H27N3S/c1-3-10-28(11-4-1)29-18-21-32(22-19-29)42-44-41(31-12-5-2-6-13-31)45-43(46-42)35-15-9-14-33(26-35)34-23-20-30-24-25-37-36-16-7-8-17-39(36)47-40(37)38(30)27-34/h1-27H. The Morgan fingerprint density at radius 3 is 1.60 bits per heavy atom. The Balaban J connectivity index is 1.15. The van der Waals surface area contributed by atoms with Gasteiger partial charge in [-0.2, -0.15) is 0 Å². The Hall–Kier alpha value is -5.97. The fourth-order valence-electron chi connectivity index (χ4n) is 6.31. The second-order valence-corrected chi connectivity index (χ2v) is 12.7. The molecule has 9 aromatic rings. The highest BCUT2D eigenvalue weighted by atomic mass is 32.1. The number of thiophene rings is 1. The topological polar surface area (TPSA) is 38.7 Å². The first-order chi connectivity index (χ1) is 23.3. The van der Waals surface area contributed by atoms with Crippen LogP contribution in [0.1, 0.15) is 0 Å². The van der Waals surface area contributed by atoms with E-state index < -0.39 is 0 Å². The predicted molar refractivity (Wildman–Crippen MR) is 197 cm³/mol. The highest BCUT2D eigenvalue weighted by Gasteiger charge is 2.14. The van der Waals surface area contributed by atoms with Crippen LogP contribution in [0.2, 0.25) is 0 Å². The molecule has 0 aliphatic carbocycles. The average molecular weight is 618 g/mol. The molecule has 0 atom stereocenters. The molecule has 0 fully saturated rings. The first-order valence-corrected chi connectivity index (χ1v) is 16.5. The monoisotopic (exact) mass is 617 g/mol. The summed E-state index contributed by atoms with van der Waals surface area (Å²) in [7, 11) is 0. The van der Waals surface area contributed by atoms with Gasteiger partial charge in [-0.25, -0.2) is 15.0 Å². The minimum absolute atomic E-state index is 0.649. The lowest BCUT2D eigenvalue weighted by molar-refractivity contribution is 1.07. The van der Waals surface area contributed by atoms with Crippen molar-refractivity contribution < 1.29 is 0 Å². The van der Waals surface area contributed by atoms with Gasteiger partial charge < -0.3 is 0 Å². The third-order valence-corrected chi connectivity index (χ3v) is 9.95. The van der Waals surface area contributed by atoms with Gasteiger partial charge in [-0.1, -0.05) is 146 Å². The van der Waals surface area contributed by atoms with E-state index >= 15 is 0 Å². The summed E-state index contributed by atoms with van der Waals surface area (Å²) >= 11 is 1.87. The predicted octanol–water partition coefficient (Wildman–Crippen LogP) is 11.7. The maximum Gasteiger partial charge on any atom is 0.164 e. The van der Waals surface area contributed by atoms with Gasteiger partial charge in [-0.3, -0.25) is 0 Å². The molecule has 0 radical (unpaired) electrons. The molecule has 3 nitrogen and oxygen atoms in total. The lowest BCUT2D eigenvalue weighted by atomic mass is 9.98. The SMILES string of the molecule is c1ccc(-c2ccc(-c3nc(-c4ccccc4)nc(-c4cccc(-c5ccc6ccc7c8ccccc8sc7c6c5)c4)n3)cc2)cc1. The van der Waals surface area contributed by atoms with Crippen molar-refractivity contribution in [1.82, 2.24) is 15.0 Å². The molecular weight excluding hydrogens is 591 g/mol. The quantitative estimate of drug-likeness (QED) is 0.193. The summed E-state index contributed by atoms with van der Waals surface area (Å²) in [6.45, 7) is 0. The summed E-state index contributed by atoms with van der Waals surface area (Å²) in [5.41, 5.74) is 7.47. The molecular formula is C43H27N3S. The molecule has 0 aliphatic rings. The lowest BCUT2D eigenvalue weighted by Gasteiger charge is -2.11. The van der Waals surface area contributed by atoms with E-state index in [-0.39, 0.29) is 0 Å². The molecule has 0 unspecified atom stereocenters. The van der Waals surface area contributed by atoms with Crippen LogP contribution in [0.25, 0.3) is 87.4 Å². The van der Waals surface area contributed by atoms with E-state index in [0.29, 0.717) is 17.5 Å². The van der Waals surface area contributed by atoms with E-state index in [1.807, 2.05) is 47.7 Å². The van der Waals surface area contributed by atoms with Gasteiger partial charge in [-0.05, 0) is 45.8 Å². The molecule has 2 heterocycles. The summed E-state index contributed by atoms with van der Waals surface area (Å²) in [4.78, 5) is 15.0. The van der Waals surface area contributed by atoms with Crippen molar-refractivity contribution in [2.24, 2.45) is 0 Å². The molecule has 47 heavy (non-hydrogen) atoms. The molecule has 0 bridgehead atoms. The summed E-state index contributed by atoms with van der Waals surface area (Å²) < 4.78 is 2.64. The number of benzene rings is 7. The maximum atomic E-state index is 5.03. The molecule has 0 N–H and O–H groups in total. The fourth-order valence-corrected chi connectivity index (χ4v) is 7.54. The van der Waals surface area contributed by atoms with Gasteiger partial charge in [-0.15, -0.1) is 11.3 Å². The summed E-state index contributed by atoms with van der Waals surface area (Å²) in [6, 6.07) is 57.4. The Labute approximate surface area is 276 Å². The molecule has 4 heteroatoms. The third-order valence-electron chi connectivity index (χ3n) is 8.73. The molecule has 0 saturated carbocycles. The lowest BCUT2D eigenvalue weighted by Crippen LogP contribution is -2.00. The first kappa shape index (κ1) is 27.3. The largest absolute Gasteiger partial charge is 0.208 e. The van der Waals surface area contributed by atoms with Crippen LogP contribution in [0.15, 0.2) is 164 Å². The number of hydrogen-bond donors (Lipinski definition) is 0. The first-order valence-electron chi connectivity index (χ1n) is 15.7. The Morgan fingerprint density at radius 2 is 0.830 bits per heavy atom. The smallest absolute Gasteiger partial charge is 0.164 e. The van der Waals surface area contributed by atoms with Crippen molar-refractivity contribution in [2.75, 3.05) is 0 Å². The molecule has 220 valence electrons. The second-order valence-electron chi connectivity index (χ2n) is 11.7. The van der Waals surface area contributed by atoms with Gasteiger partial charge in [0.25, 0.3) is 0 Å². The van der Waals surface area contributed by atoms with E-state index in [9.17, 15) is 0 Å². The zero-order valence-corrected chi connectivity index (χ0v) is 26.2. The second kappa shape index (κ2) is 11.4. The number of aromatic nitrogens is 3. The Kier molecular flexibility index (Phi) is 6.65. The van der Waals surface area contributed by atoms with E-state index in [1.165, 1.54) is 42.1 Å². The molecule has 0 spiro atoms. The van der Waals surface area contributed by atoms with E-state index in [1.54, 1.807) is 0 Å². The number of rotatable bonds is 5. The summed E-state index contributed by atoms with van der Waals surface area (Å²) in [5.74, 6) is 1.95. The van der Waals surface area contributed by atoms with Crippen LogP contribution in [0, 0.1) is 0 Å². The van der Waals surface area contributed by atoms with Crippen LogP contribution in [0.5, 0.6) is 0 Å². The minimum Gasteiger partial charge on any atom is -0.208 e. The normalized spacial score (nSPS) is 11.4. The molecule has 0 saturated heterocycles. The zero-order chi connectivity index (χ0) is 31.2. The highest BCUT2D eigenvalue weighted by Crippen LogP contribution is 2.40. The van der Waals surface area contributed by atoms with Gasteiger partial charge in [0.1, 0.15) is 0 Å². The number of hydrogen-bond acceptors (Lipinski definition) is 4. The van der Waals surface area contributed by atoms with Crippen molar-refractivity contribution in [2.45, 2.75) is 0 Å². The van der Waals surface area contributed by atoms with Crippen LogP contribution in [0.4, 0.5) is 0 Å². The van der Waals surface area contributed by atoms with Crippen LogP contribution in [-0.2, 0) is 0 Å². The van der Waals surface area contributed by atoms with E-state index in [4.69, 9.17) is 15.0 Å². The summed E-state index contributed by atoms with van der Waals surface area (Å²) in [5, 5.41) is 5.15. The maximum absolute atomic E-state index is 5.03. The third kappa shape index (κ3) is 5.05. The van der Waals surface area contributed by atoms with E-state index in [0.717, 1.165) is 27.8 Å². The minimum atomic E-state index is 0.649. The van der Waals surface area contributed by atoms with Gasteiger partial charge in [0.05, 0.1) is 0 Å². The average Bonchev–Trinajstić information content (AvgIpc) is 3.55.